The van der Waals surface area contributed by atoms with Crippen LogP contribution in [0.5, 0.6) is 5.75 Å². The Morgan fingerprint density at radius 2 is 2.05 bits per heavy atom. The summed E-state index contributed by atoms with van der Waals surface area (Å²) in [5.74, 6) is 0.683. The van der Waals surface area contributed by atoms with Gasteiger partial charge in [0.25, 0.3) is 0 Å². The predicted molar refractivity (Wildman–Crippen MR) is 87.1 cm³/mol. The number of benzene rings is 1. The molecule has 1 aliphatic carbocycles. The molecule has 0 saturated heterocycles. The van der Waals surface area contributed by atoms with Crippen LogP contribution in [0, 0.1) is 0 Å². The fourth-order valence-corrected chi connectivity index (χ4v) is 3.77. The molecule has 22 heavy (non-hydrogen) atoms. The molecule has 6 heteroatoms. The van der Waals surface area contributed by atoms with Gasteiger partial charge in [0.15, 0.2) is 0 Å². The number of methoxy groups -OCH3 is 1. The molecule has 0 spiro atoms. The highest BCUT2D eigenvalue weighted by Crippen LogP contribution is 2.44. The lowest BCUT2D eigenvalue weighted by Gasteiger charge is -2.38. The molecular formula is C16H25NO4S. The van der Waals surface area contributed by atoms with E-state index in [0.717, 1.165) is 44.2 Å². The summed E-state index contributed by atoms with van der Waals surface area (Å²) < 4.78 is 31.6. The summed E-state index contributed by atoms with van der Waals surface area (Å²) in [6.07, 6.45) is 4.51. The lowest BCUT2D eigenvalue weighted by atomic mass is 9.85. The fourth-order valence-electron chi connectivity index (χ4n) is 3.32. The van der Waals surface area contributed by atoms with E-state index in [1.165, 1.54) is 0 Å². The number of hydrogen-bond donors (Lipinski definition) is 2. The monoisotopic (exact) mass is 327 g/mol. The number of hydrogen-bond acceptors (Lipinski definition) is 4. The lowest BCUT2D eigenvalue weighted by molar-refractivity contribution is 0.0854. The van der Waals surface area contributed by atoms with Crippen LogP contribution in [-0.2, 0) is 15.5 Å². The van der Waals surface area contributed by atoms with Crippen molar-refractivity contribution < 1.29 is 17.7 Å². The van der Waals surface area contributed by atoms with Crippen molar-refractivity contribution in [1.29, 1.82) is 0 Å². The first-order valence-corrected chi connectivity index (χ1v) is 8.82. The number of para-hydroxylation sites is 1. The van der Waals surface area contributed by atoms with Crippen LogP contribution in [0.2, 0.25) is 0 Å². The van der Waals surface area contributed by atoms with E-state index in [9.17, 15) is 8.76 Å². The van der Waals surface area contributed by atoms with Gasteiger partial charge in [0.05, 0.1) is 12.6 Å². The van der Waals surface area contributed by atoms with E-state index in [1.807, 2.05) is 24.3 Å². The topological polar surface area (TPSA) is 67.8 Å². The maximum absolute atomic E-state index is 11.4. The van der Waals surface area contributed by atoms with Crippen LogP contribution in [0.25, 0.3) is 0 Å². The molecule has 0 aliphatic heterocycles. The van der Waals surface area contributed by atoms with Crippen LogP contribution < -0.4 is 10.1 Å². The van der Waals surface area contributed by atoms with Crippen molar-refractivity contribution in [3.63, 3.8) is 0 Å². The smallest absolute Gasteiger partial charge is 0.302 e. The highest BCUT2D eigenvalue weighted by molar-refractivity contribution is 7.74. The molecule has 2 N–H and O–H groups in total. The first kappa shape index (κ1) is 17.4. The van der Waals surface area contributed by atoms with E-state index in [1.54, 1.807) is 7.11 Å². The van der Waals surface area contributed by atoms with Gasteiger partial charge in [-0.15, -0.1) is 0 Å². The molecular weight excluding hydrogens is 302 g/mol. The first-order valence-electron chi connectivity index (χ1n) is 7.79. The number of nitrogens with one attached hydrogen (secondary N) is 1. The van der Waals surface area contributed by atoms with Gasteiger partial charge in [0.2, 0.25) is 0 Å². The lowest BCUT2D eigenvalue weighted by Crippen LogP contribution is -2.49. The van der Waals surface area contributed by atoms with Crippen molar-refractivity contribution in [1.82, 2.24) is 5.32 Å². The summed E-state index contributed by atoms with van der Waals surface area (Å²) in [5, 5.41) is 3.57. The van der Waals surface area contributed by atoms with E-state index < -0.39 is 17.5 Å². The Morgan fingerprint density at radius 3 is 2.64 bits per heavy atom. The van der Waals surface area contributed by atoms with Gasteiger partial charge in [-0.05, 0) is 31.9 Å². The van der Waals surface area contributed by atoms with Crippen molar-refractivity contribution in [3.8, 4) is 5.75 Å². The summed E-state index contributed by atoms with van der Waals surface area (Å²) >= 11 is -2.33. The Kier molecular flexibility index (Phi) is 6.37. The van der Waals surface area contributed by atoms with Crippen LogP contribution in [0.3, 0.4) is 0 Å². The molecule has 1 aromatic carbocycles. The SMILES string of the molecule is CCCNC1(C(OS(=O)O)c2ccccc2OC)CCCC1. The highest BCUT2D eigenvalue weighted by Gasteiger charge is 2.44. The van der Waals surface area contributed by atoms with Gasteiger partial charge in [-0.1, -0.05) is 38.0 Å². The summed E-state index contributed by atoms with van der Waals surface area (Å²) in [7, 11) is 1.60. The molecule has 1 aromatic rings. The Morgan fingerprint density at radius 1 is 1.36 bits per heavy atom. The standard InChI is InChI=1S/C16H25NO4S/c1-3-12-17-16(10-6-7-11-16)15(21-22(18)19)13-8-4-5-9-14(13)20-2/h4-5,8-9,15,17H,3,6-7,10-12H2,1-2H3,(H,18,19). The van der Waals surface area contributed by atoms with E-state index in [0.29, 0.717) is 5.75 Å². The van der Waals surface area contributed by atoms with Gasteiger partial charge >= 0.3 is 11.4 Å². The van der Waals surface area contributed by atoms with Gasteiger partial charge in [-0.25, -0.2) is 0 Å². The maximum atomic E-state index is 11.4. The average molecular weight is 327 g/mol. The van der Waals surface area contributed by atoms with Crippen LogP contribution in [-0.4, -0.2) is 28.0 Å². The normalized spacial score (nSPS) is 19.8. The third-order valence-electron chi connectivity index (χ3n) is 4.32. The molecule has 2 rings (SSSR count). The Hall–Kier alpha value is -0.950. The van der Waals surface area contributed by atoms with E-state index >= 15 is 0 Å². The summed E-state index contributed by atoms with van der Waals surface area (Å²) in [5.41, 5.74) is 0.501. The fraction of sp³-hybridized carbons (Fsp3) is 0.625. The number of ether oxygens (including phenoxy) is 1. The van der Waals surface area contributed by atoms with Gasteiger partial charge in [-0.3, -0.25) is 8.74 Å². The molecule has 124 valence electrons. The molecule has 1 saturated carbocycles. The second kappa shape index (κ2) is 8.06. The van der Waals surface area contributed by atoms with Crippen molar-refractivity contribution in [3.05, 3.63) is 29.8 Å². The Labute approximate surface area is 134 Å². The largest absolute Gasteiger partial charge is 0.496 e. The van der Waals surface area contributed by atoms with Gasteiger partial charge in [0, 0.05) is 5.56 Å². The van der Waals surface area contributed by atoms with Crippen LogP contribution >= 0.6 is 0 Å². The van der Waals surface area contributed by atoms with Gasteiger partial charge in [-0.2, -0.15) is 4.21 Å². The zero-order valence-corrected chi connectivity index (χ0v) is 14.0. The van der Waals surface area contributed by atoms with Crippen LogP contribution in [0.15, 0.2) is 24.3 Å². The third kappa shape index (κ3) is 3.87. The minimum Gasteiger partial charge on any atom is -0.496 e. The second-order valence-electron chi connectivity index (χ2n) is 5.73. The molecule has 2 atom stereocenters. The highest BCUT2D eigenvalue weighted by atomic mass is 32.2. The van der Waals surface area contributed by atoms with Gasteiger partial charge < -0.3 is 10.1 Å². The zero-order chi connectivity index (χ0) is 16.0. The zero-order valence-electron chi connectivity index (χ0n) is 13.2. The van der Waals surface area contributed by atoms with Crippen LogP contribution in [0.4, 0.5) is 0 Å². The Balaban J connectivity index is 2.41. The Bertz CT molecular complexity index is 503. The molecule has 2 unspecified atom stereocenters. The predicted octanol–water partition coefficient (Wildman–Crippen LogP) is 3.20. The van der Waals surface area contributed by atoms with Crippen molar-refractivity contribution >= 4 is 11.4 Å². The van der Waals surface area contributed by atoms with Gasteiger partial charge in [0.1, 0.15) is 11.9 Å². The minimum atomic E-state index is -2.33. The molecule has 0 bridgehead atoms. The molecule has 0 radical (unpaired) electrons. The molecule has 1 fully saturated rings. The maximum Gasteiger partial charge on any atom is 0.302 e. The van der Waals surface area contributed by atoms with Crippen molar-refractivity contribution in [2.75, 3.05) is 13.7 Å². The molecule has 5 nitrogen and oxygen atoms in total. The molecule has 0 aromatic heterocycles. The van der Waals surface area contributed by atoms with E-state index in [4.69, 9.17) is 8.92 Å². The molecule has 0 heterocycles. The van der Waals surface area contributed by atoms with E-state index in [-0.39, 0.29) is 5.54 Å². The average Bonchev–Trinajstić information content (AvgIpc) is 3.00. The summed E-state index contributed by atoms with van der Waals surface area (Å²) in [4.78, 5) is 0. The van der Waals surface area contributed by atoms with E-state index in [2.05, 4.69) is 12.2 Å². The summed E-state index contributed by atoms with van der Waals surface area (Å²) in [6, 6.07) is 7.55. The molecule has 1 aliphatic rings. The number of rotatable bonds is 8. The van der Waals surface area contributed by atoms with Crippen molar-refractivity contribution in [2.24, 2.45) is 0 Å². The van der Waals surface area contributed by atoms with Crippen molar-refractivity contribution in [2.45, 2.75) is 50.7 Å². The third-order valence-corrected chi connectivity index (χ3v) is 4.68. The second-order valence-corrected chi connectivity index (χ2v) is 6.35. The summed E-state index contributed by atoms with van der Waals surface area (Å²) in [6.45, 7) is 2.96. The first-order chi connectivity index (χ1) is 10.6. The minimum absolute atomic E-state index is 0.316. The van der Waals surface area contributed by atoms with Crippen LogP contribution in [0.1, 0.15) is 50.7 Å². The quantitative estimate of drug-likeness (QED) is 0.718. The molecule has 0 amide bonds.